The van der Waals surface area contributed by atoms with Crippen molar-refractivity contribution in [1.82, 2.24) is 10.2 Å². The number of aliphatic hydroxyl groups excluding tert-OH is 1. The molecule has 0 aromatic carbocycles. The highest BCUT2D eigenvalue weighted by Crippen LogP contribution is 2.28. The first-order valence-electron chi connectivity index (χ1n) is 7.19. The summed E-state index contributed by atoms with van der Waals surface area (Å²) in [6.07, 6.45) is 1.95. The lowest BCUT2D eigenvalue weighted by Crippen LogP contribution is -2.47. The molecule has 2 N–H and O–H groups in total. The van der Waals surface area contributed by atoms with E-state index in [2.05, 4.69) is 51.9 Å². The van der Waals surface area contributed by atoms with E-state index in [4.69, 9.17) is 0 Å². The molecule has 0 unspecified atom stereocenters. The molecule has 0 aliphatic heterocycles. The molecule has 0 atom stereocenters. The van der Waals surface area contributed by atoms with Crippen LogP contribution in [0.1, 0.15) is 47.5 Å². The quantitative estimate of drug-likeness (QED) is 0.764. The molecule has 0 radical (unpaired) electrons. The lowest BCUT2D eigenvalue weighted by Gasteiger charge is -2.38. The van der Waals surface area contributed by atoms with Crippen LogP contribution in [0.2, 0.25) is 0 Å². The van der Waals surface area contributed by atoms with Crippen LogP contribution in [0.15, 0.2) is 0 Å². The van der Waals surface area contributed by atoms with Gasteiger partial charge in [-0.1, -0.05) is 13.8 Å². The molecule has 0 aromatic heterocycles. The Labute approximate surface area is 113 Å². The molecule has 3 heteroatoms. The number of nitrogens with zero attached hydrogens (tertiary/aromatic N) is 1. The molecule has 3 nitrogen and oxygen atoms in total. The molecule has 1 aliphatic carbocycles. The van der Waals surface area contributed by atoms with Crippen molar-refractivity contribution in [3.05, 3.63) is 0 Å². The van der Waals surface area contributed by atoms with Gasteiger partial charge < -0.3 is 15.3 Å². The zero-order chi connectivity index (χ0) is 14.0. The maximum atomic E-state index is 9.31. The number of hydrogen-bond acceptors (Lipinski definition) is 3. The van der Waals surface area contributed by atoms with Crippen LogP contribution >= 0.6 is 0 Å². The summed E-state index contributed by atoms with van der Waals surface area (Å²) in [5.74, 6) is 0.705. The summed E-state index contributed by atoms with van der Waals surface area (Å²) in [6, 6.07) is 0. The fourth-order valence-corrected chi connectivity index (χ4v) is 2.65. The third-order valence-electron chi connectivity index (χ3n) is 3.58. The van der Waals surface area contributed by atoms with Crippen molar-refractivity contribution in [2.75, 3.05) is 26.7 Å². The van der Waals surface area contributed by atoms with E-state index in [1.54, 1.807) is 0 Å². The van der Waals surface area contributed by atoms with Crippen LogP contribution in [-0.4, -0.2) is 48.3 Å². The van der Waals surface area contributed by atoms with Crippen molar-refractivity contribution >= 4 is 0 Å². The molecule has 1 rings (SSSR count). The van der Waals surface area contributed by atoms with Crippen molar-refractivity contribution in [3.63, 3.8) is 0 Å². The minimum absolute atomic E-state index is 0.0287. The fraction of sp³-hybridized carbons (Fsp3) is 1.00. The first-order valence-corrected chi connectivity index (χ1v) is 7.19. The van der Waals surface area contributed by atoms with Gasteiger partial charge in [-0.15, -0.1) is 0 Å². The number of rotatable bonds is 6. The molecular formula is C15H32N2O. The second kappa shape index (κ2) is 5.89. The van der Waals surface area contributed by atoms with Gasteiger partial charge in [0.1, 0.15) is 0 Å². The van der Waals surface area contributed by atoms with Crippen molar-refractivity contribution in [2.45, 2.75) is 59.1 Å². The Morgan fingerprint density at radius 1 is 1.17 bits per heavy atom. The average Bonchev–Trinajstić information content (AvgIpc) is 2.10. The van der Waals surface area contributed by atoms with Gasteiger partial charge in [-0.2, -0.15) is 0 Å². The largest absolute Gasteiger partial charge is 0.393 e. The highest BCUT2D eigenvalue weighted by molar-refractivity contribution is 4.84. The van der Waals surface area contributed by atoms with E-state index in [0.29, 0.717) is 5.92 Å². The standard InChI is InChI=1S/C15H32N2O/c1-14(2,3)16-10-15(4,5)11-17(6)9-12-7-13(18)8-12/h12-13,16,18H,7-11H2,1-6H3. The molecule has 108 valence electrons. The van der Waals surface area contributed by atoms with Gasteiger partial charge in [0.15, 0.2) is 0 Å². The summed E-state index contributed by atoms with van der Waals surface area (Å²) in [6.45, 7) is 14.5. The summed E-state index contributed by atoms with van der Waals surface area (Å²) >= 11 is 0. The molecule has 0 spiro atoms. The fourth-order valence-electron chi connectivity index (χ4n) is 2.65. The molecule has 1 fully saturated rings. The lowest BCUT2D eigenvalue weighted by molar-refractivity contribution is 0.0233. The molecular weight excluding hydrogens is 224 g/mol. The van der Waals surface area contributed by atoms with E-state index in [-0.39, 0.29) is 17.1 Å². The molecule has 1 saturated carbocycles. The van der Waals surface area contributed by atoms with Crippen LogP contribution in [0.4, 0.5) is 0 Å². The summed E-state index contributed by atoms with van der Waals surface area (Å²) in [7, 11) is 2.20. The van der Waals surface area contributed by atoms with Crippen molar-refractivity contribution in [2.24, 2.45) is 11.3 Å². The van der Waals surface area contributed by atoms with Gasteiger partial charge in [0.25, 0.3) is 0 Å². The Morgan fingerprint density at radius 2 is 1.72 bits per heavy atom. The first-order chi connectivity index (χ1) is 8.07. The molecule has 18 heavy (non-hydrogen) atoms. The maximum absolute atomic E-state index is 9.31. The van der Waals surface area contributed by atoms with Gasteiger partial charge in [0.05, 0.1) is 6.10 Å². The highest BCUT2D eigenvalue weighted by atomic mass is 16.3. The second-order valence-electron chi connectivity index (χ2n) is 7.96. The monoisotopic (exact) mass is 256 g/mol. The van der Waals surface area contributed by atoms with Crippen LogP contribution in [0.25, 0.3) is 0 Å². The predicted octanol–water partition coefficient (Wildman–Crippen LogP) is 2.10. The molecule has 0 heterocycles. The zero-order valence-electron chi connectivity index (χ0n) is 13.1. The predicted molar refractivity (Wildman–Crippen MR) is 77.8 cm³/mol. The summed E-state index contributed by atoms with van der Waals surface area (Å²) < 4.78 is 0. The molecule has 0 amide bonds. The highest BCUT2D eigenvalue weighted by Gasteiger charge is 2.29. The molecule has 0 aromatic rings. The summed E-state index contributed by atoms with van der Waals surface area (Å²) in [5, 5.41) is 12.9. The SMILES string of the molecule is CN(CC1CC(O)C1)CC(C)(C)CNC(C)(C)C. The van der Waals surface area contributed by atoms with Crippen LogP contribution in [0, 0.1) is 11.3 Å². The Balaban J connectivity index is 2.26. The Hall–Kier alpha value is -0.120. The molecule has 0 bridgehead atoms. The second-order valence-corrected chi connectivity index (χ2v) is 7.96. The van der Waals surface area contributed by atoms with Gasteiger partial charge in [0, 0.05) is 25.2 Å². The number of hydrogen-bond donors (Lipinski definition) is 2. The van der Waals surface area contributed by atoms with E-state index >= 15 is 0 Å². The van der Waals surface area contributed by atoms with Crippen LogP contribution in [0.3, 0.4) is 0 Å². The minimum Gasteiger partial charge on any atom is -0.393 e. The Bertz CT molecular complexity index is 252. The van der Waals surface area contributed by atoms with E-state index in [1.165, 1.54) is 0 Å². The van der Waals surface area contributed by atoms with Gasteiger partial charge in [-0.25, -0.2) is 0 Å². The van der Waals surface area contributed by atoms with Gasteiger partial charge in [-0.05, 0) is 52.0 Å². The van der Waals surface area contributed by atoms with E-state index < -0.39 is 0 Å². The van der Waals surface area contributed by atoms with E-state index in [0.717, 1.165) is 32.5 Å². The smallest absolute Gasteiger partial charge is 0.0546 e. The van der Waals surface area contributed by atoms with E-state index in [1.807, 2.05) is 0 Å². The van der Waals surface area contributed by atoms with E-state index in [9.17, 15) is 5.11 Å². The van der Waals surface area contributed by atoms with Crippen molar-refractivity contribution < 1.29 is 5.11 Å². The van der Waals surface area contributed by atoms with Gasteiger partial charge in [-0.3, -0.25) is 0 Å². The van der Waals surface area contributed by atoms with Gasteiger partial charge >= 0.3 is 0 Å². The maximum Gasteiger partial charge on any atom is 0.0546 e. The summed E-state index contributed by atoms with van der Waals surface area (Å²) in [4.78, 5) is 2.42. The molecule has 0 saturated heterocycles. The summed E-state index contributed by atoms with van der Waals surface area (Å²) in [5.41, 5.74) is 0.471. The minimum atomic E-state index is -0.0287. The van der Waals surface area contributed by atoms with Crippen LogP contribution in [-0.2, 0) is 0 Å². The third kappa shape index (κ3) is 6.17. The Kier molecular flexibility index (Phi) is 5.22. The zero-order valence-corrected chi connectivity index (χ0v) is 13.1. The Morgan fingerprint density at radius 3 is 2.17 bits per heavy atom. The topological polar surface area (TPSA) is 35.5 Å². The van der Waals surface area contributed by atoms with Crippen LogP contribution in [0.5, 0.6) is 0 Å². The number of nitrogens with one attached hydrogen (secondary N) is 1. The van der Waals surface area contributed by atoms with Gasteiger partial charge in [0.2, 0.25) is 0 Å². The van der Waals surface area contributed by atoms with Crippen molar-refractivity contribution in [3.8, 4) is 0 Å². The van der Waals surface area contributed by atoms with Crippen LogP contribution < -0.4 is 5.32 Å². The first kappa shape index (κ1) is 15.9. The normalized spacial score (nSPS) is 25.3. The molecule has 1 aliphatic rings. The van der Waals surface area contributed by atoms with Crippen molar-refractivity contribution in [1.29, 1.82) is 0 Å². The third-order valence-corrected chi connectivity index (χ3v) is 3.58. The lowest BCUT2D eigenvalue weighted by atomic mass is 9.81. The number of aliphatic hydroxyl groups is 1. The average molecular weight is 256 g/mol.